The summed E-state index contributed by atoms with van der Waals surface area (Å²) in [5, 5.41) is 14.3. The van der Waals surface area contributed by atoms with E-state index in [1.807, 2.05) is 24.3 Å². The Bertz CT molecular complexity index is 330. The molecule has 1 aliphatic heterocycles. The lowest BCUT2D eigenvalue weighted by Gasteiger charge is -2.32. The Morgan fingerprint density at radius 3 is 2.69 bits per heavy atom. The van der Waals surface area contributed by atoms with E-state index in [1.54, 1.807) is 0 Å². The van der Waals surface area contributed by atoms with Crippen LogP contribution >= 0.6 is 11.6 Å². The zero-order chi connectivity index (χ0) is 11.4. The molecular weight excluding hydrogens is 222 g/mol. The number of halogens is 1. The van der Waals surface area contributed by atoms with Gasteiger partial charge in [0, 0.05) is 11.6 Å². The van der Waals surface area contributed by atoms with Gasteiger partial charge < -0.3 is 10.4 Å². The number of rotatable bonds is 3. The molecule has 2 rings (SSSR count). The van der Waals surface area contributed by atoms with Crippen molar-refractivity contribution < 1.29 is 5.11 Å². The summed E-state index contributed by atoms with van der Waals surface area (Å²) in [5.74, 6) is 0. The molecule has 0 amide bonds. The Labute approximate surface area is 102 Å². The van der Waals surface area contributed by atoms with Crippen LogP contribution in [0, 0.1) is 0 Å². The SMILES string of the molecule is OC1(CCc2ccc(Cl)cc2)CCCNC1. The fourth-order valence-electron chi connectivity index (χ4n) is 2.19. The average molecular weight is 240 g/mol. The van der Waals surface area contributed by atoms with E-state index in [0.717, 1.165) is 43.8 Å². The van der Waals surface area contributed by atoms with Gasteiger partial charge in [-0.05, 0) is 49.9 Å². The molecule has 2 N–H and O–H groups in total. The van der Waals surface area contributed by atoms with Crippen LogP contribution in [0.4, 0.5) is 0 Å². The Hall–Kier alpha value is -0.570. The quantitative estimate of drug-likeness (QED) is 0.849. The van der Waals surface area contributed by atoms with Crippen LogP contribution in [0.1, 0.15) is 24.8 Å². The summed E-state index contributed by atoms with van der Waals surface area (Å²) in [6.45, 7) is 1.75. The predicted octanol–water partition coefficient (Wildman–Crippen LogP) is 2.39. The Balaban J connectivity index is 1.88. The van der Waals surface area contributed by atoms with Crippen LogP contribution in [0.5, 0.6) is 0 Å². The van der Waals surface area contributed by atoms with Crippen molar-refractivity contribution in [2.75, 3.05) is 13.1 Å². The Morgan fingerprint density at radius 2 is 2.06 bits per heavy atom. The van der Waals surface area contributed by atoms with Gasteiger partial charge in [0.05, 0.1) is 5.60 Å². The molecule has 1 saturated heterocycles. The normalized spacial score (nSPS) is 25.6. The molecule has 0 bridgehead atoms. The zero-order valence-electron chi connectivity index (χ0n) is 9.38. The van der Waals surface area contributed by atoms with Crippen LogP contribution in [-0.4, -0.2) is 23.8 Å². The van der Waals surface area contributed by atoms with Gasteiger partial charge in [0.15, 0.2) is 0 Å². The van der Waals surface area contributed by atoms with Crippen molar-refractivity contribution in [2.24, 2.45) is 0 Å². The van der Waals surface area contributed by atoms with Crippen LogP contribution in [0.2, 0.25) is 5.02 Å². The van der Waals surface area contributed by atoms with E-state index in [4.69, 9.17) is 11.6 Å². The van der Waals surface area contributed by atoms with Crippen LogP contribution in [0.25, 0.3) is 0 Å². The van der Waals surface area contributed by atoms with E-state index < -0.39 is 5.60 Å². The fraction of sp³-hybridized carbons (Fsp3) is 0.538. The minimum Gasteiger partial charge on any atom is -0.389 e. The summed E-state index contributed by atoms with van der Waals surface area (Å²) >= 11 is 5.83. The molecule has 0 radical (unpaired) electrons. The van der Waals surface area contributed by atoms with Crippen molar-refractivity contribution in [1.82, 2.24) is 5.32 Å². The highest BCUT2D eigenvalue weighted by Crippen LogP contribution is 2.22. The van der Waals surface area contributed by atoms with E-state index in [2.05, 4.69) is 5.32 Å². The topological polar surface area (TPSA) is 32.3 Å². The highest BCUT2D eigenvalue weighted by atomic mass is 35.5. The Morgan fingerprint density at radius 1 is 1.31 bits per heavy atom. The standard InChI is InChI=1S/C13H18ClNO/c14-12-4-2-11(3-5-12)6-8-13(16)7-1-9-15-10-13/h2-5,15-16H,1,6-10H2. The molecule has 1 aromatic carbocycles. The maximum atomic E-state index is 10.3. The molecule has 1 atom stereocenters. The van der Waals surface area contributed by atoms with Gasteiger partial charge in [0.1, 0.15) is 0 Å². The number of piperidine rings is 1. The number of aryl methyl sites for hydroxylation is 1. The first-order chi connectivity index (χ1) is 7.68. The molecule has 16 heavy (non-hydrogen) atoms. The molecule has 88 valence electrons. The number of hydrogen-bond donors (Lipinski definition) is 2. The zero-order valence-corrected chi connectivity index (χ0v) is 10.1. The highest BCUT2D eigenvalue weighted by Gasteiger charge is 2.28. The molecule has 1 aromatic rings. The van der Waals surface area contributed by atoms with Crippen molar-refractivity contribution >= 4 is 11.6 Å². The lowest BCUT2D eigenvalue weighted by atomic mass is 9.88. The average Bonchev–Trinajstić information content (AvgIpc) is 2.29. The fourth-order valence-corrected chi connectivity index (χ4v) is 2.32. The van der Waals surface area contributed by atoms with Gasteiger partial charge in [0.25, 0.3) is 0 Å². The van der Waals surface area contributed by atoms with Gasteiger partial charge in [-0.1, -0.05) is 23.7 Å². The van der Waals surface area contributed by atoms with Gasteiger partial charge in [-0.2, -0.15) is 0 Å². The van der Waals surface area contributed by atoms with E-state index in [1.165, 1.54) is 5.56 Å². The van der Waals surface area contributed by atoms with E-state index in [0.29, 0.717) is 0 Å². The van der Waals surface area contributed by atoms with Crippen molar-refractivity contribution in [1.29, 1.82) is 0 Å². The highest BCUT2D eigenvalue weighted by molar-refractivity contribution is 6.30. The minimum absolute atomic E-state index is 0.516. The first kappa shape index (κ1) is 11.9. The van der Waals surface area contributed by atoms with Gasteiger partial charge in [0.2, 0.25) is 0 Å². The summed E-state index contributed by atoms with van der Waals surface area (Å²) in [7, 11) is 0. The molecule has 0 aliphatic carbocycles. The third-order valence-electron chi connectivity index (χ3n) is 3.24. The van der Waals surface area contributed by atoms with Gasteiger partial charge in [-0.15, -0.1) is 0 Å². The maximum absolute atomic E-state index is 10.3. The van der Waals surface area contributed by atoms with E-state index in [-0.39, 0.29) is 0 Å². The van der Waals surface area contributed by atoms with Gasteiger partial charge >= 0.3 is 0 Å². The van der Waals surface area contributed by atoms with Crippen molar-refractivity contribution in [3.05, 3.63) is 34.9 Å². The summed E-state index contributed by atoms with van der Waals surface area (Å²) in [6, 6.07) is 7.87. The maximum Gasteiger partial charge on any atom is 0.0775 e. The lowest BCUT2D eigenvalue weighted by Crippen LogP contribution is -2.45. The third kappa shape index (κ3) is 3.21. The summed E-state index contributed by atoms with van der Waals surface area (Å²) < 4.78 is 0. The lowest BCUT2D eigenvalue weighted by molar-refractivity contribution is 0.00888. The van der Waals surface area contributed by atoms with Crippen molar-refractivity contribution in [3.8, 4) is 0 Å². The number of β-amino-alcohol motifs (C(OH)–C–C–N with tert-alkyl or cyclic N) is 1. The number of benzene rings is 1. The second-order valence-corrected chi connectivity index (χ2v) is 5.07. The molecule has 0 aromatic heterocycles. The molecule has 1 heterocycles. The van der Waals surface area contributed by atoms with Gasteiger partial charge in [-0.25, -0.2) is 0 Å². The van der Waals surface area contributed by atoms with E-state index >= 15 is 0 Å². The monoisotopic (exact) mass is 239 g/mol. The molecule has 1 fully saturated rings. The molecule has 2 nitrogen and oxygen atoms in total. The molecule has 0 saturated carbocycles. The van der Waals surface area contributed by atoms with Crippen LogP contribution in [0.15, 0.2) is 24.3 Å². The molecule has 1 unspecified atom stereocenters. The molecule has 3 heteroatoms. The van der Waals surface area contributed by atoms with Crippen molar-refractivity contribution in [2.45, 2.75) is 31.3 Å². The van der Waals surface area contributed by atoms with Crippen LogP contribution in [-0.2, 0) is 6.42 Å². The van der Waals surface area contributed by atoms with Crippen LogP contribution in [0.3, 0.4) is 0 Å². The first-order valence-electron chi connectivity index (χ1n) is 5.86. The molecular formula is C13H18ClNO. The van der Waals surface area contributed by atoms with E-state index in [9.17, 15) is 5.11 Å². The van der Waals surface area contributed by atoms with Crippen molar-refractivity contribution in [3.63, 3.8) is 0 Å². The minimum atomic E-state index is -0.516. The second kappa shape index (κ2) is 5.17. The third-order valence-corrected chi connectivity index (χ3v) is 3.49. The summed E-state index contributed by atoms with van der Waals surface area (Å²) in [6.07, 6.45) is 3.71. The van der Waals surface area contributed by atoms with Gasteiger partial charge in [-0.3, -0.25) is 0 Å². The summed E-state index contributed by atoms with van der Waals surface area (Å²) in [5.41, 5.74) is 0.723. The number of nitrogens with one attached hydrogen (secondary N) is 1. The Kier molecular flexibility index (Phi) is 3.85. The first-order valence-corrected chi connectivity index (χ1v) is 6.23. The smallest absolute Gasteiger partial charge is 0.0775 e. The number of aliphatic hydroxyl groups is 1. The second-order valence-electron chi connectivity index (χ2n) is 4.63. The largest absolute Gasteiger partial charge is 0.389 e. The predicted molar refractivity (Wildman–Crippen MR) is 66.8 cm³/mol. The molecule has 0 spiro atoms. The van der Waals surface area contributed by atoms with Crippen LogP contribution < -0.4 is 5.32 Å². The number of hydrogen-bond acceptors (Lipinski definition) is 2. The summed E-state index contributed by atoms with van der Waals surface area (Å²) in [4.78, 5) is 0. The molecule has 1 aliphatic rings.